The Balaban J connectivity index is 1.97. The minimum absolute atomic E-state index is 0.276. The minimum Gasteiger partial charge on any atom is -0.396 e. The predicted octanol–water partition coefficient (Wildman–Crippen LogP) is 3.99. The number of hydrogen-bond donors (Lipinski definition) is 2. The normalized spacial score (nSPS) is 23.3. The molecule has 0 aromatic heterocycles. The summed E-state index contributed by atoms with van der Waals surface area (Å²) in [4.78, 5) is 0. The molecule has 2 unspecified atom stereocenters. The van der Waals surface area contributed by atoms with Gasteiger partial charge < -0.3 is 10.4 Å². The molecule has 1 aromatic rings. The molecule has 0 saturated heterocycles. The van der Waals surface area contributed by atoms with Crippen LogP contribution in [0.15, 0.2) is 24.3 Å². The smallest absolute Gasteiger partial charge is 0.0434 e. The van der Waals surface area contributed by atoms with E-state index in [0.29, 0.717) is 6.04 Å². The van der Waals surface area contributed by atoms with Crippen molar-refractivity contribution in [3.8, 4) is 0 Å². The largest absolute Gasteiger partial charge is 0.396 e. The van der Waals surface area contributed by atoms with Crippen molar-refractivity contribution in [1.29, 1.82) is 0 Å². The number of aryl methyl sites for hydroxylation is 1. The third-order valence-electron chi connectivity index (χ3n) is 4.34. The van der Waals surface area contributed by atoms with Gasteiger partial charge in [0.1, 0.15) is 0 Å². The second kappa shape index (κ2) is 7.54. The molecule has 2 nitrogen and oxygen atoms in total. The van der Waals surface area contributed by atoms with E-state index in [-0.39, 0.29) is 6.61 Å². The van der Waals surface area contributed by atoms with Crippen molar-refractivity contribution in [2.45, 2.75) is 57.9 Å². The van der Waals surface area contributed by atoms with Gasteiger partial charge in [0.05, 0.1) is 0 Å². The van der Waals surface area contributed by atoms with Crippen LogP contribution in [0.1, 0.15) is 51.0 Å². The molecule has 1 aromatic carbocycles. The van der Waals surface area contributed by atoms with Crippen LogP contribution in [0.4, 0.5) is 5.69 Å². The molecule has 1 saturated carbocycles. The van der Waals surface area contributed by atoms with Crippen molar-refractivity contribution in [3.05, 3.63) is 29.8 Å². The van der Waals surface area contributed by atoms with Crippen LogP contribution in [0.25, 0.3) is 0 Å². The SMILES string of the molecule is CCC1CCCCC1Nc1cccc(CCCO)c1. The molecule has 2 rings (SSSR count). The Labute approximate surface area is 117 Å². The molecule has 0 amide bonds. The van der Waals surface area contributed by atoms with Crippen LogP contribution in [0.5, 0.6) is 0 Å². The van der Waals surface area contributed by atoms with Crippen LogP contribution in [0.3, 0.4) is 0 Å². The summed E-state index contributed by atoms with van der Waals surface area (Å²) in [6.07, 6.45) is 8.53. The highest BCUT2D eigenvalue weighted by Gasteiger charge is 2.23. The highest BCUT2D eigenvalue weighted by atomic mass is 16.2. The van der Waals surface area contributed by atoms with Crippen molar-refractivity contribution < 1.29 is 5.11 Å². The fourth-order valence-corrected chi connectivity index (χ4v) is 3.20. The standard InChI is InChI=1S/C17H27NO/c1-2-15-9-3-4-11-17(15)18-16-10-5-7-14(13-16)8-6-12-19/h5,7,10,13,15,17-19H,2-4,6,8-9,11-12H2,1H3. The zero-order valence-corrected chi connectivity index (χ0v) is 12.1. The van der Waals surface area contributed by atoms with Crippen LogP contribution in [0, 0.1) is 5.92 Å². The highest BCUT2D eigenvalue weighted by Crippen LogP contribution is 2.29. The molecule has 1 fully saturated rings. The Morgan fingerprint density at radius 2 is 2.11 bits per heavy atom. The Bertz CT molecular complexity index is 377. The Kier molecular flexibility index (Phi) is 5.71. The number of aliphatic hydroxyl groups is 1. The topological polar surface area (TPSA) is 32.3 Å². The average Bonchev–Trinajstić information content (AvgIpc) is 2.46. The quantitative estimate of drug-likeness (QED) is 0.811. The molecule has 2 N–H and O–H groups in total. The second-order valence-corrected chi connectivity index (χ2v) is 5.73. The van der Waals surface area contributed by atoms with Crippen molar-refractivity contribution in [3.63, 3.8) is 0 Å². The van der Waals surface area contributed by atoms with Crippen LogP contribution >= 0.6 is 0 Å². The number of benzene rings is 1. The number of aliphatic hydroxyl groups excluding tert-OH is 1. The molecule has 2 atom stereocenters. The summed E-state index contributed by atoms with van der Waals surface area (Å²) in [7, 11) is 0. The molecule has 19 heavy (non-hydrogen) atoms. The van der Waals surface area contributed by atoms with Gasteiger partial charge in [0.15, 0.2) is 0 Å². The van der Waals surface area contributed by atoms with Gasteiger partial charge in [-0.15, -0.1) is 0 Å². The maximum Gasteiger partial charge on any atom is 0.0434 e. The van der Waals surface area contributed by atoms with E-state index in [1.54, 1.807) is 0 Å². The third-order valence-corrected chi connectivity index (χ3v) is 4.34. The zero-order valence-electron chi connectivity index (χ0n) is 12.1. The molecule has 0 bridgehead atoms. The van der Waals surface area contributed by atoms with Gasteiger partial charge in [-0.3, -0.25) is 0 Å². The molecule has 1 aliphatic rings. The van der Waals surface area contributed by atoms with Crippen molar-refractivity contribution in [2.75, 3.05) is 11.9 Å². The molecule has 106 valence electrons. The number of hydrogen-bond acceptors (Lipinski definition) is 2. The molecule has 0 aliphatic heterocycles. The van der Waals surface area contributed by atoms with Crippen LogP contribution < -0.4 is 5.32 Å². The monoisotopic (exact) mass is 261 g/mol. The predicted molar refractivity (Wildman–Crippen MR) is 81.5 cm³/mol. The fourth-order valence-electron chi connectivity index (χ4n) is 3.20. The van der Waals surface area contributed by atoms with Crippen LogP contribution in [-0.4, -0.2) is 17.8 Å². The van der Waals surface area contributed by atoms with Gasteiger partial charge in [0.2, 0.25) is 0 Å². The van der Waals surface area contributed by atoms with E-state index in [4.69, 9.17) is 5.11 Å². The maximum absolute atomic E-state index is 8.91. The number of nitrogens with one attached hydrogen (secondary N) is 1. The van der Waals surface area contributed by atoms with Crippen LogP contribution in [-0.2, 0) is 6.42 Å². The second-order valence-electron chi connectivity index (χ2n) is 5.73. The van der Waals surface area contributed by atoms with Gasteiger partial charge in [-0.1, -0.05) is 38.3 Å². The summed E-state index contributed by atoms with van der Waals surface area (Å²) in [5.41, 5.74) is 2.57. The van der Waals surface area contributed by atoms with E-state index < -0.39 is 0 Å². The van der Waals surface area contributed by atoms with E-state index in [2.05, 4.69) is 36.5 Å². The Morgan fingerprint density at radius 1 is 1.26 bits per heavy atom. The first kappa shape index (κ1) is 14.4. The molecular weight excluding hydrogens is 234 g/mol. The molecule has 2 heteroatoms. The summed E-state index contributed by atoms with van der Waals surface area (Å²) >= 11 is 0. The van der Waals surface area contributed by atoms with Crippen molar-refractivity contribution in [1.82, 2.24) is 0 Å². The highest BCUT2D eigenvalue weighted by molar-refractivity contribution is 5.46. The number of rotatable bonds is 6. The Morgan fingerprint density at radius 3 is 2.89 bits per heavy atom. The lowest BCUT2D eigenvalue weighted by molar-refractivity contribution is 0.288. The van der Waals surface area contributed by atoms with Gasteiger partial charge in [0.25, 0.3) is 0 Å². The zero-order chi connectivity index (χ0) is 13.5. The molecule has 1 aliphatic carbocycles. The first-order valence-electron chi connectivity index (χ1n) is 7.80. The van der Waals surface area contributed by atoms with E-state index in [9.17, 15) is 0 Å². The number of anilines is 1. The van der Waals surface area contributed by atoms with Gasteiger partial charge >= 0.3 is 0 Å². The minimum atomic E-state index is 0.276. The van der Waals surface area contributed by atoms with E-state index >= 15 is 0 Å². The summed E-state index contributed by atoms with van der Waals surface area (Å²) in [6, 6.07) is 9.34. The summed E-state index contributed by atoms with van der Waals surface area (Å²) in [6.45, 7) is 2.58. The van der Waals surface area contributed by atoms with Crippen molar-refractivity contribution in [2.24, 2.45) is 5.92 Å². The average molecular weight is 261 g/mol. The maximum atomic E-state index is 8.91. The summed E-state index contributed by atoms with van der Waals surface area (Å²) in [5.74, 6) is 0.829. The molecule has 0 spiro atoms. The molecule has 0 radical (unpaired) electrons. The lowest BCUT2D eigenvalue weighted by Crippen LogP contribution is -2.31. The van der Waals surface area contributed by atoms with Gasteiger partial charge in [0, 0.05) is 18.3 Å². The Hall–Kier alpha value is -1.02. The van der Waals surface area contributed by atoms with Gasteiger partial charge in [-0.2, -0.15) is 0 Å². The van der Waals surface area contributed by atoms with Gasteiger partial charge in [-0.25, -0.2) is 0 Å². The lowest BCUT2D eigenvalue weighted by atomic mass is 9.83. The van der Waals surface area contributed by atoms with E-state index in [1.807, 2.05) is 0 Å². The van der Waals surface area contributed by atoms with E-state index in [0.717, 1.165) is 18.8 Å². The summed E-state index contributed by atoms with van der Waals surface area (Å²) in [5, 5.41) is 12.6. The molecule has 0 heterocycles. The first-order valence-corrected chi connectivity index (χ1v) is 7.80. The lowest BCUT2D eigenvalue weighted by Gasteiger charge is -2.32. The van der Waals surface area contributed by atoms with Gasteiger partial charge in [-0.05, 0) is 49.3 Å². The molecular formula is C17H27NO. The fraction of sp³-hybridized carbons (Fsp3) is 0.647. The van der Waals surface area contributed by atoms with Crippen LogP contribution in [0.2, 0.25) is 0 Å². The van der Waals surface area contributed by atoms with Crippen molar-refractivity contribution >= 4 is 5.69 Å². The van der Waals surface area contributed by atoms with E-state index in [1.165, 1.54) is 43.4 Å². The third kappa shape index (κ3) is 4.24. The summed E-state index contributed by atoms with van der Waals surface area (Å²) < 4.78 is 0. The first-order chi connectivity index (χ1) is 9.33.